The number of nitrogens with zero attached hydrogens (tertiary/aromatic N) is 2. The number of esters is 1. The average molecular weight is 353 g/mol. The van der Waals surface area contributed by atoms with Crippen LogP contribution in [0.5, 0.6) is 0 Å². The highest BCUT2D eigenvalue weighted by molar-refractivity contribution is 6.25. The standard InChI is InChI=1S/C13H18F3N3O5/c1-7(2)24-12(22)9(5-4-8(20)6-18-17)19-11(21)10(23-3)13(14,15)16/h6-7,9-10H,4-5H2,1-3H3,(H,19,21)/t9-,10-/m0/s1. The van der Waals surface area contributed by atoms with Crippen molar-refractivity contribution in [2.45, 2.75) is 51.1 Å². The van der Waals surface area contributed by atoms with Crippen molar-refractivity contribution in [3.63, 3.8) is 0 Å². The fourth-order valence-electron chi connectivity index (χ4n) is 1.62. The summed E-state index contributed by atoms with van der Waals surface area (Å²) >= 11 is 0. The monoisotopic (exact) mass is 353 g/mol. The molecule has 0 unspecified atom stereocenters. The lowest BCUT2D eigenvalue weighted by molar-refractivity contribution is -0.212. The highest BCUT2D eigenvalue weighted by Crippen LogP contribution is 2.22. The molecule has 0 bridgehead atoms. The molecule has 24 heavy (non-hydrogen) atoms. The van der Waals surface area contributed by atoms with E-state index in [1.54, 1.807) is 0 Å². The van der Waals surface area contributed by atoms with Crippen LogP contribution >= 0.6 is 0 Å². The molecule has 0 saturated heterocycles. The van der Waals surface area contributed by atoms with Gasteiger partial charge in [-0.25, -0.2) is 4.79 Å². The van der Waals surface area contributed by atoms with E-state index in [1.807, 2.05) is 5.32 Å². The summed E-state index contributed by atoms with van der Waals surface area (Å²) < 4.78 is 46.9. The van der Waals surface area contributed by atoms with Gasteiger partial charge >= 0.3 is 18.4 Å². The van der Waals surface area contributed by atoms with Crippen molar-refractivity contribution in [3.8, 4) is 0 Å². The molecule has 0 aromatic carbocycles. The minimum atomic E-state index is -4.97. The van der Waals surface area contributed by atoms with Crippen molar-refractivity contribution >= 4 is 23.9 Å². The summed E-state index contributed by atoms with van der Waals surface area (Å²) in [5, 5.41) is 1.86. The third kappa shape index (κ3) is 7.84. The Balaban J connectivity index is 5.10. The summed E-state index contributed by atoms with van der Waals surface area (Å²) in [6.07, 6.45) is -8.43. The van der Waals surface area contributed by atoms with Crippen molar-refractivity contribution in [3.05, 3.63) is 5.53 Å². The zero-order valence-electron chi connectivity index (χ0n) is 13.3. The fraction of sp³-hybridized carbons (Fsp3) is 0.692. The number of carbonyl (C=O) groups excluding carboxylic acids is 3. The molecule has 2 atom stereocenters. The van der Waals surface area contributed by atoms with Crippen LogP contribution < -0.4 is 5.32 Å². The van der Waals surface area contributed by atoms with E-state index in [0.29, 0.717) is 13.3 Å². The molecule has 8 nitrogen and oxygen atoms in total. The molecular weight excluding hydrogens is 335 g/mol. The first-order valence-electron chi connectivity index (χ1n) is 6.83. The van der Waals surface area contributed by atoms with Crippen molar-refractivity contribution in [2.24, 2.45) is 0 Å². The summed E-state index contributed by atoms with van der Waals surface area (Å²) in [5.41, 5.74) is 8.22. The van der Waals surface area contributed by atoms with Crippen molar-refractivity contribution in [2.75, 3.05) is 7.11 Å². The second kappa shape index (κ2) is 9.78. The number of rotatable bonds is 9. The van der Waals surface area contributed by atoms with Gasteiger partial charge < -0.3 is 20.3 Å². The van der Waals surface area contributed by atoms with Crippen molar-refractivity contribution < 1.29 is 41.8 Å². The van der Waals surface area contributed by atoms with Crippen LogP contribution in [-0.2, 0) is 23.9 Å². The number of hydrogen-bond acceptors (Lipinski definition) is 5. The Labute approximate surface area is 135 Å². The maximum absolute atomic E-state index is 12.6. The van der Waals surface area contributed by atoms with Gasteiger partial charge in [-0.3, -0.25) is 9.59 Å². The Morgan fingerprint density at radius 2 is 1.88 bits per heavy atom. The van der Waals surface area contributed by atoms with Crippen LogP contribution in [0.2, 0.25) is 0 Å². The van der Waals surface area contributed by atoms with E-state index in [0.717, 1.165) is 0 Å². The third-order valence-electron chi connectivity index (χ3n) is 2.61. The number of nitrogens with one attached hydrogen (secondary N) is 1. The van der Waals surface area contributed by atoms with Crippen molar-refractivity contribution in [1.29, 1.82) is 0 Å². The van der Waals surface area contributed by atoms with E-state index in [1.165, 1.54) is 13.8 Å². The number of hydrogen-bond donors (Lipinski definition) is 1. The highest BCUT2D eigenvalue weighted by Gasteiger charge is 2.46. The Morgan fingerprint density at radius 1 is 1.29 bits per heavy atom. The van der Waals surface area contributed by atoms with Gasteiger partial charge in [0.15, 0.2) is 0 Å². The SMILES string of the molecule is CO[C@@H](C(=O)N[C@@H](CCC(=O)C=[N+]=[N-])C(=O)OC(C)C)C(F)(F)F. The minimum absolute atomic E-state index is 0.337. The van der Waals surface area contributed by atoms with Gasteiger partial charge in [-0.1, -0.05) is 0 Å². The minimum Gasteiger partial charge on any atom is -0.461 e. The van der Waals surface area contributed by atoms with Gasteiger partial charge in [0.05, 0.1) is 6.10 Å². The Hall–Kier alpha value is -2.26. The van der Waals surface area contributed by atoms with Crippen molar-refractivity contribution in [1.82, 2.24) is 5.32 Å². The first kappa shape index (κ1) is 21.7. The van der Waals surface area contributed by atoms with Crippen LogP contribution in [0.15, 0.2) is 0 Å². The van der Waals surface area contributed by atoms with Gasteiger partial charge in [0, 0.05) is 13.5 Å². The van der Waals surface area contributed by atoms with Crippen LogP contribution in [0, 0.1) is 0 Å². The molecular formula is C13H18F3N3O5. The summed E-state index contributed by atoms with van der Waals surface area (Å²) in [6, 6.07) is -1.49. The van der Waals surface area contributed by atoms with Crippen LogP contribution in [0.1, 0.15) is 26.7 Å². The van der Waals surface area contributed by atoms with Gasteiger partial charge in [-0.2, -0.15) is 18.0 Å². The van der Waals surface area contributed by atoms with E-state index in [-0.39, 0.29) is 12.8 Å². The number of amides is 1. The normalized spacial score (nSPS) is 13.6. The van der Waals surface area contributed by atoms with Gasteiger partial charge in [0.2, 0.25) is 11.9 Å². The van der Waals surface area contributed by atoms with E-state index < -0.39 is 42.1 Å². The molecule has 0 aliphatic rings. The van der Waals surface area contributed by atoms with E-state index in [9.17, 15) is 27.6 Å². The lowest BCUT2D eigenvalue weighted by Gasteiger charge is -2.22. The molecule has 0 saturated carbocycles. The van der Waals surface area contributed by atoms with Gasteiger partial charge in [0.25, 0.3) is 5.91 Å². The quantitative estimate of drug-likeness (QED) is 0.283. The molecule has 0 radical (unpaired) electrons. The molecule has 0 aliphatic heterocycles. The molecule has 0 aromatic heterocycles. The molecule has 1 amide bonds. The number of alkyl halides is 3. The Bertz CT molecular complexity index is 515. The predicted molar refractivity (Wildman–Crippen MR) is 73.9 cm³/mol. The summed E-state index contributed by atoms with van der Waals surface area (Å²) in [7, 11) is 0.695. The first-order valence-corrected chi connectivity index (χ1v) is 6.83. The molecule has 0 aliphatic carbocycles. The van der Waals surface area contributed by atoms with Gasteiger partial charge in [-0.15, -0.1) is 0 Å². The zero-order chi connectivity index (χ0) is 18.9. The lowest BCUT2D eigenvalue weighted by Crippen LogP contribution is -2.51. The Morgan fingerprint density at radius 3 is 2.29 bits per heavy atom. The second-order valence-electron chi connectivity index (χ2n) is 4.95. The molecule has 0 fully saturated rings. The average Bonchev–Trinajstić information content (AvgIpc) is 2.41. The lowest BCUT2D eigenvalue weighted by atomic mass is 10.1. The van der Waals surface area contributed by atoms with Crippen LogP contribution in [0.3, 0.4) is 0 Å². The van der Waals surface area contributed by atoms with Crippen LogP contribution in [-0.4, -0.2) is 60.2 Å². The number of halogens is 3. The molecule has 11 heteroatoms. The smallest absolute Gasteiger partial charge is 0.423 e. The van der Waals surface area contributed by atoms with Crippen LogP contribution in [0.4, 0.5) is 13.2 Å². The number of ketones is 1. The topological polar surface area (TPSA) is 118 Å². The summed E-state index contributed by atoms with van der Waals surface area (Å²) in [6.45, 7) is 3.02. The largest absolute Gasteiger partial charge is 0.461 e. The third-order valence-corrected chi connectivity index (χ3v) is 2.61. The molecule has 0 spiro atoms. The highest BCUT2D eigenvalue weighted by atomic mass is 19.4. The number of ether oxygens (including phenoxy) is 2. The summed E-state index contributed by atoms with van der Waals surface area (Å²) in [5.74, 6) is -3.27. The maximum atomic E-state index is 12.6. The number of methoxy groups -OCH3 is 1. The van der Waals surface area contributed by atoms with Gasteiger partial charge in [-0.05, 0) is 20.3 Å². The predicted octanol–water partition coefficient (Wildman–Crippen LogP) is 0.650. The first-order chi connectivity index (χ1) is 11.0. The molecule has 0 aromatic rings. The van der Waals surface area contributed by atoms with Gasteiger partial charge in [0.1, 0.15) is 6.04 Å². The fourth-order valence-corrected chi connectivity index (χ4v) is 1.62. The zero-order valence-corrected chi connectivity index (χ0v) is 13.3. The Kier molecular flexibility index (Phi) is 8.86. The second-order valence-corrected chi connectivity index (χ2v) is 4.95. The molecule has 136 valence electrons. The molecule has 1 N–H and O–H groups in total. The maximum Gasteiger partial charge on any atom is 0.423 e. The van der Waals surface area contributed by atoms with E-state index >= 15 is 0 Å². The summed E-state index contributed by atoms with van der Waals surface area (Å²) in [4.78, 5) is 37.3. The van der Waals surface area contributed by atoms with Crippen LogP contribution in [0.25, 0.3) is 5.53 Å². The number of Topliss-reactive ketones (excluding diaryl/α,β-unsaturated/α-hetero) is 1. The van der Waals surface area contributed by atoms with E-state index in [2.05, 4.69) is 9.53 Å². The molecule has 0 heterocycles. The van der Waals surface area contributed by atoms with E-state index in [4.69, 9.17) is 10.3 Å². The molecule has 0 rings (SSSR count). The number of carbonyl (C=O) groups is 3.